The zero-order valence-corrected chi connectivity index (χ0v) is 23.8. The van der Waals surface area contributed by atoms with Crippen LogP contribution in [-0.4, -0.2) is 36.4 Å². The number of carbonyl (C=O) groups excluding carboxylic acids is 1. The summed E-state index contributed by atoms with van der Waals surface area (Å²) in [5.41, 5.74) is 11.6. The van der Waals surface area contributed by atoms with Gasteiger partial charge in [-0.2, -0.15) is 0 Å². The lowest BCUT2D eigenvalue weighted by Gasteiger charge is -2.24. The molecule has 0 aromatic carbocycles. The lowest BCUT2D eigenvalue weighted by molar-refractivity contribution is -0.118. The molecule has 0 atom stereocenters. The summed E-state index contributed by atoms with van der Waals surface area (Å²) < 4.78 is 0. The van der Waals surface area contributed by atoms with Crippen LogP contribution in [0.2, 0.25) is 0 Å². The Bertz CT molecular complexity index is 457. The molecule has 0 rings (SSSR count). The van der Waals surface area contributed by atoms with Crippen molar-refractivity contribution in [1.29, 1.82) is 0 Å². The van der Waals surface area contributed by atoms with Gasteiger partial charge in [-0.15, -0.1) is 0 Å². The number of nitrogens with two attached hydrogens (primary N) is 2. The van der Waals surface area contributed by atoms with Gasteiger partial charge in [0, 0.05) is 26.1 Å². The highest BCUT2D eigenvalue weighted by Gasteiger charge is 2.08. The van der Waals surface area contributed by atoms with Gasteiger partial charge in [0.2, 0.25) is 5.91 Å². The SMILES string of the molecule is CCCCCCCCCCCCN(CCCCCCCCCCCC)C(N)=NCCCCC(N)=O. The number of hydrogen-bond donors (Lipinski definition) is 2. The molecular formula is C30H62N4O. The van der Waals surface area contributed by atoms with Crippen LogP contribution in [0.15, 0.2) is 4.99 Å². The van der Waals surface area contributed by atoms with E-state index >= 15 is 0 Å². The van der Waals surface area contributed by atoms with Crippen molar-refractivity contribution < 1.29 is 4.79 Å². The summed E-state index contributed by atoms with van der Waals surface area (Å²) in [6.45, 7) is 7.28. The van der Waals surface area contributed by atoms with Crippen LogP contribution in [-0.2, 0) is 4.79 Å². The smallest absolute Gasteiger partial charge is 0.217 e. The van der Waals surface area contributed by atoms with Crippen molar-refractivity contribution in [2.75, 3.05) is 19.6 Å². The first-order valence-corrected chi connectivity index (χ1v) is 15.4. The van der Waals surface area contributed by atoms with Gasteiger partial charge in [0.05, 0.1) is 0 Å². The highest BCUT2D eigenvalue weighted by molar-refractivity contribution is 5.78. The van der Waals surface area contributed by atoms with Crippen molar-refractivity contribution in [2.24, 2.45) is 16.5 Å². The molecule has 0 spiro atoms. The maximum absolute atomic E-state index is 10.9. The summed E-state index contributed by atoms with van der Waals surface area (Å²) in [7, 11) is 0. The second-order valence-corrected chi connectivity index (χ2v) is 10.5. The Morgan fingerprint density at radius 3 is 1.29 bits per heavy atom. The van der Waals surface area contributed by atoms with E-state index in [0.717, 1.165) is 25.9 Å². The first kappa shape index (κ1) is 33.7. The molecule has 0 heterocycles. The third kappa shape index (κ3) is 25.6. The molecule has 0 fully saturated rings. The average molecular weight is 495 g/mol. The minimum absolute atomic E-state index is 0.231. The van der Waals surface area contributed by atoms with Gasteiger partial charge in [0.15, 0.2) is 5.96 Å². The first-order chi connectivity index (χ1) is 17.1. The molecule has 208 valence electrons. The van der Waals surface area contributed by atoms with Crippen molar-refractivity contribution in [1.82, 2.24) is 4.90 Å². The second kappa shape index (κ2) is 27.3. The minimum Gasteiger partial charge on any atom is -0.370 e. The zero-order valence-electron chi connectivity index (χ0n) is 23.8. The zero-order chi connectivity index (χ0) is 25.8. The largest absolute Gasteiger partial charge is 0.370 e. The van der Waals surface area contributed by atoms with Crippen molar-refractivity contribution in [3.05, 3.63) is 0 Å². The number of primary amides is 1. The molecule has 0 saturated heterocycles. The third-order valence-electron chi connectivity index (χ3n) is 6.99. The van der Waals surface area contributed by atoms with E-state index in [9.17, 15) is 4.79 Å². The van der Waals surface area contributed by atoms with Gasteiger partial charge in [-0.25, -0.2) is 0 Å². The molecule has 0 saturated carbocycles. The average Bonchev–Trinajstić information content (AvgIpc) is 2.84. The van der Waals surface area contributed by atoms with Gasteiger partial charge in [0.25, 0.3) is 0 Å². The molecule has 0 aliphatic heterocycles. The summed E-state index contributed by atoms with van der Waals surface area (Å²) in [4.78, 5) is 17.8. The number of carbonyl (C=O) groups is 1. The van der Waals surface area contributed by atoms with Crippen LogP contribution in [0.3, 0.4) is 0 Å². The van der Waals surface area contributed by atoms with Crippen molar-refractivity contribution in [3.8, 4) is 0 Å². The summed E-state index contributed by atoms with van der Waals surface area (Å²) in [6.07, 6.45) is 29.2. The van der Waals surface area contributed by atoms with Crippen molar-refractivity contribution >= 4 is 11.9 Å². The van der Waals surface area contributed by atoms with E-state index in [1.54, 1.807) is 0 Å². The van der Waals surface area contributed by atoms with E-state index in [1.165, 1.54) is 128 Å². The van der Waals surface area contributed by atoms with Gasteiger partial charge in [-0.1, -0.05) is 129 Å². The number of guanidine groups is 1. The molecule has 35 heavy (non-hydrogen) atoms. The monoisotopic (exact) mass is 494 g/mol. The predicted octanol–water partition coefficient (Wildman–Crippen LogP) is 8.10. The Morgan fingerprint density at radius 2 is 0.914 bits per heavy atom. The maximum Gasteiger partial charge on any atom is 0.217 e. The highest BCUT2D eigenvalue weighted by Crippen LogP contribution is 2.13. The molecule has 0 aromatic rings. The van der Waals surface area contributed by atoms with Crippen molar-refractivity contribution in [3.63, 3.8) is 0 Å². The lowest BCUT2D eigenvalue weighted by Crippen LogP contribution is -2.39. The highest BCUT2D eigenvalue weighted by atomic mass is 16.1. The van der Waals surface area contributed by atoms with Crippen LogP contribution in [0.25, 0.3) is 0 Å². The quantitative estimate of drug-likeness (QED) is 0.0687. The molecular weight excluding hydrogens is 432 g/mol. The number of hydrogen-bond acceptors (Lipinski definition) is 2. The maximum atomic E-state index is 10.9. The molecule has 5 nitrogen and oxygen atoms in total. The van der Waals surface area contributed by atoms with Gasteiger partial charge in [0.1, 0.15) is 0 Å². The predicted molar refractivity (Wildman–Crippen MR) is 155 cm³/mol. The Kier molecular flexibility index (Phi) is 26.3. The van der Waals surface area contributed by atoms with E-state index in [1.807, 2.05) is 0 Å². The fraction of sp³-hybridized carbons (Fsp3) is 0.933. The van der Waals surface area contributed by atoms with Gasteiger partial charge in [-0.3, -0.25) is 9.79 Å². The third-order valence-corrected chi connectivity index (χ3v) is 6.99. The van der Waals surface area contributed by atoms with Crippen molar-refractivity contribution in [2.45, 2.75) is 162 Å². The van der Waals surface area contributed by atoms with E-state index < -0.39 is 0 Å². The van der Waals surface area contributed by atoms with E-state index in [0.29, 0.717) is 18.9 Å². The summed E-state index contributed by atoms with van der Waals surface area (Å²) in [6, 6.07) is 0. The van der Waals surface area contributed by atoms with Gasteiger partial charge in [-0.05, 0) is 25.7 Å². The Hall–Kier alpha value is -1.26. The van der Waals surface area contributed by atoms with E-state index in [4.69, 9.17) is 11.5 Å². The Morgan fingerprint density at radius 1 is 0.543 bits per heavy atom. The Labute approximate surface area is 219 Å². The first-order valence-electron chi connectivity index (χ1n) is 15.4. The standard InChI is InChI=1S/C30H62N4O/c1-3-5-7-9-11-13-15-17-19-23-27-34(30(32)33-26-22-21-25-29(31)35)28-24-20-18-16-14-12-10-8-6-4-2/h3-28H2,1-2H3,(H2,31,35)(H2,32,33). The number of rotatable bonds is 27. The summed E-state index contributed by atoms with van der Waals surface area (Å²) in [5, 5.41) is 0. The van der Waals surface area contributed by atoms with Crippen LogP contribution in [0, 0.1) is 0 Å². The fourth-order valence-corrected chi connectivity index (χ4v) is 4.63. The van der Waals surface area contributed by atoms with E-state index in [2.05, 4.69) is 23.7 Å². The lowest BCUT2D eigenvalue weighted by atomic mass is 10.1. The molecule has 4 N–H and O–H groups in total. The molecule has 0 aliphatic carbocycles. The minimum atomic E-state index is -0.231. The van der Waals surface area contributed by atoms with Crippen LogP contribution >= 0.6 is 0 Å². The topological polar surface area (TPSA) is 84.7 Å². The molecule has 0 radical (unpaired) electrons. The normalized spacial score (nSPS) is 11.8. The summed E-state index contributed by atoms with van der Waals surface area (Å²) >= 11 is 0. The molecule has 0 aliphatic rings. The van der Waals surface area contributed by atoms with Crippen LogP contribution < -0.4 is 11.5 Å². The number of amides is 1. The van der Waals surface area contributed by atoms with Crippen LogP contribution in [0.4, 0.5) is 0 Å². The molecule has 0 bridgehead atoms. The second-order valence-electron chi connectivity index (χ2n) is 10.5. The molecule has 5 heteroatoms. The summed E-state index contributed by atoms with van der Waals surface area (Å²) in [5.74, 6) is 0.460. The number of unbranched alkanes of at least 4 members (excludes halogenated alkanes) is 19. The van der Waals surface area contributed by atoms with Crippen LogP contribution in [0.5, 0.6) is 0 Å². The van der Waals surface area contributed by atoms with Gasteiger partial charge >= 0.3 is 0 Å². The van der Waals surface area contributed by atoms with Crippen LogP contribution in [0.1, 0.15) is 162 Å². The molecule has 0 aromatic heterocycles. The number of aliphatic imine (C=N–C) groups is 1. The number of nitrogens with zero attached hydrogens (tertiary/aromatic N) is 2. The molecule has 1 amide bonds. The van der Waals surface area contributed by atoms with E-state index in [-0.39, 0.29) is 5.91 Å². The van der Waals surface area contributed by atoms with Gasteiger partial charge < -0.3 is 16.4 Å². The Balaban J connectivity index is 4.12. The fourth-order valence-electron chi connectivity index (χ4n) is 4.63. The molecule has 0 unspecified atom stereocenters.